The van der Waals surface area contributed by atoms with Gasteiger partial charge in [0.1, 0.15) is 12.1 Å². The zero-order valence-electron chi connectivity index (χ0n) is 16.7. The quantitative estimate of drug-likeness (QED) is 0.674. The SMILES string of the molecule is CCc1ccc(-c2noc(CN3C(=O)NC4(CCCc5ccccc54)C3=O)n2)cc1. The molecule has 0 saturated carbocycles. The Labute approximate surface area is 174 Å². The van der Waals surface area contributed by atoms with E-state index in [1.54, 1.807) is 0 Å². The Balaban J connectivity index is 1.40. The van der Waals surface area contributed by atoms with Crippen LogP contribution in [0, 0.1) is 0 Å². The van der Waals surface area contributed by atoms with Crippen molar-refractivity contribution in [2.45, 2.75) is 44.7 Å². The van der Waals surface area contributed by atoms with Gasteiger partial charge in [-0.3, -0.25) is 9.69 Å². The lowest BCUT2D eigenvalue weighted by Crippen LogP contribution is -2.46. The van der Waals surface area contributed by atoms with Crippen molar-refractivity contribution in [1.82, 2.24) is 20.4 Å². The predicted molar refractivity (Wildman–Crippen MR) is 109 cm³/mol. The molecule has 3 amide bonds. The smallest absolute Gasteiger partial charge is 0.325 e. The first-order valence-corrected chi connectivity index (χ1v) is 10.2. The number of amides is 3. The maximum Gasteiger partial charge on any atom is 0.325 e. The minimum atomic E-state index is -0.995. The summed E-state index contributed by atoms with van der Waals surface area (Å²) < 4.78 is 5.34. The fourth-order valence-corrected chi connectivity index (χ4v) is 4.42. The van der Waals surface area contributed by atoms with Gasteiger partial charge >= 0.3 is 6.03 Å². The molecule has 2 aliphatic rings. The lowest BCUT2D eigenvalue weighted by atomic mass is 9.76. The van der Waals surface area contributed by atoms with Gasteiger partial charge in [-0.1, -0.05) is 60.6 Å². The molecule has 1 unspecified atom stereocenters. The summed E-state index contributed by atoms with van der Waals surface area (Å²) in [7, 11) is 0. The fourth-order valence-electron chi connectivity index (χ4n) is 4.42. The molecule has 5 rings (SSSR count). The van der Waals surface area contributed by atoms with Gasteiger partial charge in [0.25, 0.3) is 5.91 Å². The Morgan fingerprint density at radius 3 is 2.73 bits per heavy atom. The highest BCUT2D eigenvalue weighted by molar-refractivity contribution is 6.07. The number of fused-ring (bicyclic) bond motifs is 2. The third kappa shape index (κ3) is 2.89. The van der Waals surface area contributed by atoms with Crippen molar-refractivity contribution in [1.29, 1.82) is 0 Å². The van der Waals surface area contributed by atoms with Gasteiger partial charge in [-0.15, -0.1) is 0 Å². The first kappa shape index (κ1) is 18.5. The Kier molecular flexibility index (Phi) is 4.38. The molecule has 1 fully saturated rings. The number of urea groups is 1. The summed E-state index contributed by atoms with van der Waals surface area (Å²) in [5.74, 6) is 0.415. The van der Waals surface area contributed by atoms with Gasteiger partial charge in [0.2, 0.25) is 11.7 Å². The molecule has 1 spiro atoms. The molecule has 1 aliphatic heterocycles. The second kappa shape index (κ2) is 7.09. The highest BCUT2D eigenvalue weighted by atomic mass is 16.5. The predicted octanol–water partition coefficient (Wildman–Crippen LogP) is 3.58. The average Bonchev–Trinajstić information content (AvgIpc) is 3.34. The molecule has 0 radical (unpaired) electrons. The molecule has 1 N–H and O–H groups in total. The molecule has 2 aromatic carbocycles. The number of hydrogen-bond donors (Lipinski definition) is 1. The van der Waals surface area contributed by atoms with Crippen LogP contribution in [0.4, 0.5) is 4.79 Å². The van der Waals surface area contributed by atoms with Crippen LogP contribution in [0.2, 0.25) is 0 Å². The van der Waals surface area contributed by atoms with Gasteiger partial charge in [0, 0.05) is 5.56 Å². The van der Waals surface area contributed by atoms with Crippen molar-refractivity contribution in [3.8, 4) is 11.4 Å². The summed E-state index contributed by atoms with van der Waals surface area (Å²) in [6.07, 6.45) is 3.29. The van der Waals surface area contributed by atoms with Gasteiger partial charge in [-0.25, -0.2) is 4.79 Å². The van der Waals surface area contributed by atoms with Crippen LogP contribution in [0.15, 0.2) is 53.1 Å². The maximum atomic E-state index is 13.4. The molecule has 152 valence electrons. The number of carbonyl (C=O) groups excluding carboxylic acids is 2. The van der Waals surface area contributed by atoms with Crippen molar-refractivity contribution < 1.29 is 14.1 Å². The molecule has 1 atom stereocenters. The standard InChI is InChI=1S/C23H22N4O3/c1-2-15-9-11-17(12-10-15)20-24-19(30-26-20)14-27-21(28)23(25-22(27)29)13-5-7-16-6-3-4-8-18(16)23/h3-4,6,8-12H,2,5,7,13-14H2,1H3,(H,25,29). The lowest BCUT2D eigenvalue weighted by Gasteiger charge is -2.33. The van der Waals surface area contributed by atoms with E-state index in [4.69, 9.17) is 4.52 Å². The first-order chi connectivity index (χ1) is 14.6. The van der Waals surface area contributed by atoms with Crippen molar-refractivity contribution >= 4 is 11.9 Å². The number of aromatic nitrogens is 2. The summed E-state index contributed by atoms with van der Waals surface area (Å²) in [4.78, 5) is 31.7. The number of aryl methyl sites for hydroxylation is 2. The van der Waals surface area contributed by atoms with E-state index < -0.39 is 11.6 Å². The van der Waals surface area contributed by atoms with Gasteiger partial charge in [0.15, 0.2) is 0 Å². The number of nitrogens with one attached hydrogen (secondary N) is 1. The third-order valence-electron chi connectivity index (χ3n) is 6.03. The molecule has 3 aromatic rings. The van der Waals surface area contributed by atoms with Crippen LogP contribution in [0.1, 0.15) is 42.3 Å². The summed E-state index contributed by atoms with van der Waals surface area (Å²) >= 11 is 0. The Morgan fingerprint density at radius 1 is 1.13 bits per heavy atom. The van der Waals surface area contributed by atoms with Crippen LogP contribution >= 0.6 is 0 Å². The third-order valence-corrected chi connectivity index (χ3v) is 6.03. The largest absolute Gasteiger partial charge is 0.337 e. The topological polar surface area (TPSA) is 88.3 Å². The van der Waals surface area contributed by atoms with E-state index in [1.807, 2.05) is 48.5 Å². The Morgan fingerprint density at radius 2 is 1.93 bits per heavy atom. The van der Waals surface area contributed by atoms with Crippen LogP contribution in [0.25, 0.3) is 11.4 Å². The van der Waals surface area contributed by atoms with E-state index in [0.29, 0.717) is 12.2 Å². The van der Waals surface area contributed by atoms with E-state index in [-0.39, 0.29) is 18.3 Å². The lowest BCUT2D eigenvalue weighted by molar-refractivity contribution is -0.132. The number of carbonyl (C=O) groups is 2. The maximum absolute atomic E-state index is 13.4. The monoisotopic (exact) mass is 402 g/mol. The Hall–Kier alpha value is -3.48. The second-order valence-electron chi connectivity index (χ2n) is 7.80. The van der Waals surface area contributed by atoms with Gasteiger partial charge in [-0.05, 0) is 42.4 Å². The van der Waals surface area contributed by atoms with Gasteiger partial charge in [-0.2, -0.15) is 4.98 Å². The van der Waals surface area contributed by atoms with E-state index in [0.717, 1.165) is 36.0 Å². The second-order valence-corrected chi connectivity index (χ2v) is 7.80. The zero-order chi connectivity index (χ0) is 20.7. The Bertz CT molecular complexity index is 1120. The molecular formula is C23H22N4O3. The van der Waals surface area contributed by atoms with Crippen molar-refractivity contribution in [2.24, 2.45) is 0 Å². The van der Waals surface area contributed by atoms with E-state index in [9.17, 15) is 9.59 Å². The van der Waals surface area contributed by atoms with Crippen LogP contribution in [0.5, 0.6) is 0 Å². The minimum Gasteiger partial charge on any atom is -0.337 e. The van der Waals surface area contributed by atoms with Crippen molar-refractivity contribution in [3.05, 3.63) is 71.1 Å². The first-order valence-electron chi connectivity index (χ1n) is 10.2. The number of imide groups is 1. The van der Waals surface area contributed by atoms with Gasteiger partial charge in [0.05, 0.1) is 0 Å². The molecular weight excluding hydrogens is 380 g/mol. The fraction of sp³-hybridized carbons (Fsp3) is 0.304. The normalized spacial score (nSPS) is 20.5. The minimum absolute atomic E-state index is 0.0470. The summed E-state index contributed by atoms with van der Waals surface area (Å²) in [5.41, 5.74) is 3.05. The number of benzene rings is 2. The average molecular weight is 402 g/mol. The van der Waals surface area contributed by atoms with Crippen LogP contribution in [0.3, 0.4) is 0 Å². The molecule has 1 aliphatic carbocycles. The highest BCUT2D eigenvalue weighted by Crippen LogP contribution is 2.40. The summed E-state index contributed by atoms with van der Waals surface area (Å²) in [5, 5.41) is 6.96. The van der Waals surface area contributed by atoms with Crippen LogP contribution < -0.4 is 5.32 Å². The van der Waals surface area contributed by atoms with Crippen molar-refractivity contribution in [2.75, 3.05) is 0 Å². The van der Waals surface area contributed by atoms with E-state index in [2.05, 4.69) is 22.4 Å². The van der Waals surface area contributed by atoms with Crippen LogP contribution in [-0.4, -0.2) is 27.0 Å². The number of nitrogens with zero attached hydrogens (tertiary/aromatic N) is 3. The van der Waals surface area contributed by atoms with E-state index >= 15 is 0 Å². The summed E-state index contributed by atoms with van der Waals surface area (Å²) in [6.45, 7) is 2.05. The number of rotatable bonds is 4. The van der Waals surface area contributed by atoms with Crippen molar-refractivity contribution in [3.63, 3.8) is 0 Å². The molecule has 0 bridgehead atoms. The molecule has 7 nitrogen and oxygen atoms in total. The summed E-state index contributed by atoms with van der Waals surface area (Å²) in [6, 6.07) is 15.3. The molecule has 30 heavy (non-hydrogen) atoms. The van der Waals surface area contributed by atoms with Crippen LogP contribution in [-0.2, 0) is 29.7 Å². The highest BCUT2D eigenvalue weighted by Gasteiger charge is 2.54. The number of hydrogen-bond acceptors (Lipinski definition) is 5. The molecule has 7 heteroatoms. The molecule has 1 saturated heterocycles. The van der Waals surface area contributed by atoms with E-state index in [1.165, 1.54) is 10.5 Å². The van der Waals surface area contributed by atoms with Gasteiger partial charge < -0.3 is 9.84 Å². The molecule has 2 heterocycles. The molecule has 1 aromatic heterocycles. The zero-order valence-corrected chi connectivity index (χ0v) is 16.7.